The highest BCUT2D eigenvalue weighted by molar-refractivity contribution is 5.91. The van der Waals surface area contributed by atoms with E-state index < -0.39 is 6.10 Å². The third-order valence-electron chi connectivity index (χ3n) is 2.73. The Hall–Kier alpha value is -0.830. The molecule has 0 bridgehead atoms. The first-order chi connectivity index (χ1) is 5.70. The smallest absolute Gasteiger partial charge is 0.334 e. The Kier molecular flexibility index (Phi) is 1.68. The number of carbonyl (C=O) groups is 1. The highest BCUT2D eigenvalue weighted by Gasteiger charge is 2.44. The van der Waals surface area contributed by atoms with E-state index in [0.29, 0.717) is 5.57 Å². The molecule has 0 aromatic carbocycles. The molecule has 1 saturated heterocycles. The summed E-state index contributed by atoms with van der Waals surface area (Å²) in [5.41, 5.74) is 0.451. The summed E-state index contributed by atoms with van der Waals surface area (Å²) in [6.07, 6.45) is 2.03. The van der Waals surface area contributed by atoms with Crippen LogP contribution in [-0.2, 0) is 9.53 Å². The van der Waals surface area contributed by atoms with Gasteiger partial charge in [0.2, 0.25) is 0 Å². The second-order valence-corrected chi connectivity index (χ2v) is 3.49. The van der Waals surface area contributed by atoms with Crippen molar-refractivity contribution < 1.29 is 14.6 Å². The first-order valence-electron chi connectivity index (χ1n) is 4.28. The maximum absolute atomic E-state index is 11.1. The molecule has 0 spiro atoms. The highest BCUT2D eigenvalue weighted by Crippen LogP contribution is 2.37. The van der Waals surface area contributed by atoms with E-state index in [9.17, 15) is 9.90 Å². The van der Waals surface area contributed by atoms with E-state index in [1.165, 1.54) is 0 Å². The lowest BCUT2D eigenvalue weighted by Gasteiger charge is -2.27. The van der Waals surface area contributed by atoms with Crippen LogP contribution < -0.4 is 0 Å². The first kappa shape index (κ1) is 7.80. The van der Waals surface area contributed by atoms with Crippen LogP contribution in [-0.4, -0.2) is 23.3 Å². The summed E-state index contributed by atoms with van der Waals surface area (Å²) in [6.45, 7) is 3.64. The molecule has 12 heavy (non-hydrogen) atoms. The SMILES string of the molecule is C=C1C(=O)O[C@H]2CCC[C@H](O)[C@H]12. The molecule has 2 aliphatic rings. The predicted octanol–water partition coefficient (Wildman–Crippen LogP) is 0.629. The molecular formula is C9H12O3. The van der Waals surface area contributed by atoms with Gasteiger partial charge in [-0.2, -0.15) is 0 Å². The molecule has 1 aliphatic heterocycles. The zero-order chi connectivity index (χ0) is 8.72. The van der Waals surface area contributed by atoms with Crippen molar-refractivity contribution in [3.05, 3.63) is 12.2 Å². The zero-order valence-electron chi connectivity index (χ0n) is 6.82. The average Bonchev–Trinajstić information content (AvgIpc) is 2.29. The number of aliphatic hydroxyl groups is 1. The van der Waals surface area contributed by atoms with Crippen molar-refractivity contribution in [2.24, 2.45) is 5.92 Å². The van der Waals surface area contributed by atoms with Crippen molar-refractivity contribution in [1.82, 2.24) is 0 Å². The van der Waals surface area contributed by atoms with E-state index in [2.05, 4.69) is 6.58 Å². The van der Waals surface area contributed by atoms with Crippen molar-refractivity contribution >= 4 is 5.97 Å². The van der Waals surface area contributed by atoms with Crippen molar-refractivity contribution in [3.63, 3.8) is 0 Å². The number of hydrogen-bond donors (Lipinski definition) is 1. The molecule has 1 saturated carbocycles. The fraction of sp³-hybridized carbons (Fsp3) is 0.667. The molecule has 2 rings (SSSR count). The first-order valence-corrected chi connectivity index (χ1v) is 4.28. The molecule has 2 fully saturated rings. The van der Waals surface area contributed by atoms with Crippen LogP contribution in [0.2, 0.25) is 0 Å². The average molecular weight is 168 g/mol. The topological polar surface area (TPSA) is 46.5 Å². The standard InChI is InChI=1S/C9H12O3/c1-5-8-6(10)3-2-4-7(8)12-9(5)11/h6-8,10H,1-4H2/t6-,7-,8-/m0/s1. The minimum atomic E-state index is -0.428. The summed E-state index contributed by atoms with van der Waals surface area (Å²) < 4.78 is 5.05. The summed E-state index contributed by atoms with van der Waals surface area (Å²) in [5, 5.41) is 9.57. The van der Waals surface area contributed by atoms with E-state index in [1.54, 1.807) is 0 Å². The van der Waals surface area contributed by atoms with Gasteiger partial charge in [0.1, 0.15) is 6.10 Å². The van der Waals surface area contributed by atoms with Crippen molar-refractivity contribution in [2.45, 2.75) is 31.5 Å². The van der Waals surface area contributed by atoms with E-state index >= 15 is 0 Å². The Morgan fingerprint density at radius 2 is 2.25 bits per heavy atom. The van der Waals surface area contributed by atoms with E-state index in [4.69, 9.17) is 4.74 Å². The van der Waals surface area contributed by atoms with Gasteiger partial charge in [-0.1, -0.05) is 6.58 Å². The van der Waals surface area contributed by atoms with Crippen molar-refractivity contribution in [1.29, 1.82) is 0 Å². The number of carbonyl (C=O) groups excluding carboxylic acids is 1. The number of ether oxygens (including phenoxy) is 1. The fourth-order valence-electron chi connectivity index (χ4n) is 2.07. The Bertz CT molecular complexity index is 234. The Labute approximate surface area is 71.0 Å². The Balaban J connectivity index is 2.23. The summed E-state index contributed by atoms with van der Waals surface area (Å²) >= 11 is 0. The Morgan fingerprint density at radius 1 is 1.50 bits per heavy atom. The van der Waals surface area contributed by atoms with E-state index in [-0.39, 0.29) is 18.0 Å². The zero-order valence-corrected chi connectivity index (χ0v) is 6.82. The van der Waals surface area contributed by atoms with Gasteiger partial charge in [-0.25, -0.2) is 4.79 Å². The minimum Gasteiger partial charge on any atom is -0.458 e. The molecule has 66 valence electrons. The largest absolute Gasteiger partial charge is 0.458 e. The molecule has 0 amide bonds. The van der Waals surface area contributed by atoms with Crippen LogP contribution in [0.15, 0.2) is 12.2 Å². The monoisotopic (exact) mass is 168 g/mol. The third kappa shape index (κ3) is 0.966. The van der Waals surface area contributed by atoms with Gasteiger partial charge in [0.05, 0.1) is 12.0 Å². The van der Waals surface area contributed by atoms with Crippen LogP contribution in [0.4, 0.5) is 0 Å². The lowest BCUT2D eigenvalue weighted by atomic mass is 9.81. The van der Waals surface area contributed by atoms with Crippen LogP contribution in [0.25, 0.3) is 0 Å². The molecular weight excluding hydrogens is 156 g/mol. The van der Waals surface area contributed by atoms with Crippen molar-refractivity contribution in [3.8, 4) is 0 Å². The quantitative estimate of drug-likeness (QED) is 0.426. The summed E-state index contributed by atoms with van der Waals surface area (Å²) in [6, 6.07) is 0. The molecule has 3 heteroatoms. The molecule has 1 heterocycles. The van der Waals surface area contributed by atoms with Gasteiger partial charge in [0, 0.05) is 5.57 Å². The molecule has 1 N–H and O–H groups in total. The van der Waals surface area contributed by atoms with Crippen molar-refractivity contribution in [2.75, 3.05) is 0 Å². The maximum Gasteiger partial charge on any atom is 0.334 e. The minimum absolute atomic E-state index is 0.103. The van der Waals surface area contributed by atoms with Gasteiger partial charge >= 0.3 is 5.97 Å². The number of esters is 1. The van der Waals surface area contributed by atoms with Gasteiger partial charge in [0.15, 0.2) is 0 Å². The number of rotatable bonds is 0. The maximum atomic E-state index is 11.1. The molecule has 0 unspecified atom stereocenters. The van der Waals surface area contributed by atoms with Gasteiger partial charge < -0.3 is 9.84 Å². The highest BCUT2D eigenvalue weighted by atomic mass is 16.6. The van der Waals surface area contributed by atoms with Crippen LogP contribution in [0.5, 0.6) is 0 Å². The normalized spacial score (nSPS) is 40.9. The molecule has 0 radical (unpaired) electrons. The van der Waals surface area contributed by atoms with Crippen LogP contribution >= 0.6 is 0 Å². The van der Waals surface area contributed by atoms with Gasteiger partial charge in [-0.15, -0.1) is 0 Å². The van der Waals surface area contributed by atoms with E-state index in [1.807, 2.05) is 0 Å². The van der Waals surface area contributed by atoms with Gasteiger partial charge in [-0.3, -0.25) is 0 Å². The van der Waals surface area contributed by atoms with Crippen LogP contribution in [0.3, 0.4) is 0 Å². The van der Waals surface area contributed by atoms with Crippen LogP contribution in [0.1, 0.15) is 19.3 Å². The lowest BCUT2D eigenvalue weighted by Crippen LogP contribution is -2.33. The second-order valence-electron chi connectivity index (χ2n) is 3.49. The number of hydrogen-bond acceptors (Lipinski definition) is 3. The molecule has 1 aliphatic carbocycles. The second kappa shape index (κ2) is 2.59. The third-order valence-corrected chi connectivity index (χ3v) is 2.73. The summed E-state index contributed by atoms with van der Waals surface area (Å²) in [5.74, 6) is -0.461. The number of aliphatic hydroxyl groups excluding tert-OH is 1. The molecule has 0 aromatic rings. The van der Waals surface area contributed by atoms with E-state index in [0.717, 1.165) is 19.3 Å². The molecule has 0 aromatic heterocycles. The van der Waals surface area contributed by atoms with Crippen LogP contribution in [0, 0.1) is 5.92 Å². The lowest BCUT2D eigenvalue weighted by molar-refractivity contribution is -0.140. The van der Waals surface area contributed by atoms with Gasteiger partial charge in [-0.05, 0) is 19.3 Å². The fourth-order valence-corrected chi connectivity index (χ4v) is 2.07. The molecule has 3 nitrogen and oxygen atoms in total. The molecule has 3 atom stereocenters. The van der Waals surface area contributed by atoms with Gasteiger partial charge in [0.25, 0.3) is 0 Å². The number of fused-ring (bicyclic) bond motifs is 1. The summed E-state index contributed by atoms with van der Waals surface area (Å²) in [7, 11) is 0. The summed E-state index contributed by atoms with van der Waals surface area (Å²) in [4.78, 5) is 11.1. The predicted molar refractivity (Wildman–Crippen MR) is 42.4 cm³/mol. The Morgan fingerprint density at radius 3 is 2.92 bits per heavy atom.